The van der Waals surface area contributed by atoms with Gasteiger partial charge in [-0.15, -0.1) is 0 Å². The fraction of sp³-hybridized carbons (Fsp3) is 0.562. The lowest BCUT2D eigenvalue weighted by Gasteiger charge is -2.27. The SMILES string of the molecule is CC(C)Oc1cc(Br)ccc1C(=O)NC1CCC(N)CC1. The van der Waals surface area contributed by atoms with Crippen molar-refractivity contribution in [1.82, 2.24) is 5.32 Å². The molecule has 0 heterocycles. The zero-order chi connectivity index (χ0) is 15.4. The van der Waals surface area contributed by atoms with E-state index in [1.807, 2.05) is 26.0 Å². The van der Waals surface area contributed by atoms with Crippen molar-refractivity contribution in [3.05, 3.63) is 28.2 Å². The van der Waals surface area contributed by atoms with E-state index in [-0.39, 0.29) is 24.1 Å². The van der Waals surface area contributed by atoms with Crippen molar-refractivity contribution in [2.75, 3.05) is 0 Å². The number of halogens is 1. The zero-order valence-electron chi connectivity index (χ0n) is 12.6. The first-order valence-electron chi connectivity index (χ1n) is 7.48. The van der Waals surface area contributed by atoms with Crippen LogP contribution in [0.3, 0.4) is 0 Å². The van der Waals surface area contributed by atoms with Crippen LogP contribution in [0.4, 0.5) is 0 Å². The van der Waals surface area contributed by atoms with Crippen molar-refractivity contribution in [2.45, 2.75) is 57.7 Å². The molecule has 3 N–H and O–H groups in total. The Hall–Kier alpha value is -1.07. The average Bonchev–Trinajstić information content (AvgIpc) is 2.40. The third kappa shape index (κ3) is 4.71. The first kappa shape index (κ1) is 16.3. The minimum Gasteiger partial charge on any atom is -0.490 e. The summed E-state index contributed by atoms with van der Waals surface area (Å²) in [4.78, 5) is 12.5. The van der Waals surface area contributed by atoms with E-state index in [2.05, 4.69) is 21.2 Å². The van der Waals surface area contributed by atoms with Gasteiger partial charge < -0.3 is 15.8 Å². The lowest BCUT2D eigenvalue weighted by molar-refractivity contribution is 0.0920. The molecule has 1 aliphatic carbocycles. The highest BCUT2D eigenvalue weighted by molar-refractivity contribution is 9.10. The summed E-state index contributed by atoms with van der Waals surface area (Å²) in [6.45, 7) is 3.90. The number of hydrogen-bond acceptors (Lipinski definition) is 3. The minimum absolute atomic E-state index is 0.0264. The molecule has 4 nitrogen and oxygen atoms in total. The first-order valence-corrected chi connectivity index (χ1v) is 8.27. The van der Waals surface area contributed by atoms with Crippen molar-refractivity contribution >= 4 is 21.8 Å². The van der Waals surface area contributed by atoms with E-state index in [1.165, 1.54) is 0 Å². The minimum atomic E-state index is -0.0707. The molecule has 0 unspecified atom stereocenters. The second-order valence-electron chi connectivity index (χ2n) is 5.89. The smallest absolute Gasteiger partial charge is 0.255 e. The van der Waals surface area contributed by atoms with Crippen molar-refractivity contribution < 1.29 is 9.53 Å². The average molecular weight is 355 g/mol. The van der Waals surface area contributed by atoms with Crippen molar-refractivity contribution in [3.63, 3.8) is 0 Å². The molecular weight excluding hydrogens is 332 g/mol. The van der Waals surface area contributed by atoms with Gasteiger partial charge in [-0.2, -0.15) is 0 Å². The topological polar surface area (TPSA) is 64.3 Å². The van der Waals surface area contributed by atoms with Crippen LogP contribution in [0, 0.1) is 0 Å². The van der Waals surface area contributed by atoms with Gasteiger partial charge in [0.15, 0.2) is 0 Å². The molecule has 1 aromatic carbocycles. The van der Waals surface area contributed by atoms with Crippen LogP contribution in [0.15, 0.2) is 22.7 Å². The summed E-state index contributed by atoms with van der Waals surface area (Å²) < 4.78 is 6.64. The van der Waals surface area contributed by atoms with Crippen LogP contribution in [0.5, 0.6) is 5.75 Å². The van der Waals surface area contributed by atoms with Gasteiger partial charge in [0.05, 0.1) is 11.7 Å². The van der Waals surface area contributed by atoms with Crippen LogP contribution in [0.25, 0.3) is 0 Å². The third-order valence-corrected chi connectivity index (χ3v) is 4.15. The molecule has 21 heavy (non-hydrogen) atoms. The molecule has 5 heteroatoms. The molecule has 0 atom stereocenters. The molecule has 1 fully saturated rings. The maximum absolute atomic E-state index is 12.5. The van der Waals surface area contributed by atoms with E-state index in [4.69, 9.17) is 10.5 Å². The standard InChI is InChI=1S/C16H23BrN2O2/c1-10(2)21-15-9-11(17)3-8-14(15)16(20)19-13-6-4-12(18)5-7-13/h3,8-10,12-13H,4-7,18H2,1-2H3,(H,19,20). The Morgan fingerprint density at radius 1 is 1.33 bits per heavy atom. The van der Waals surface area contributed by atoms with Crippen molar-refractivity contribution in [1.29, 1.82) is 0 Å². The van der Waals surface area contributed by atoms with Crippen molar-refractivity contribution in [2.24, 2.45) is 5.73 Å². The van der Waals surface area contributed by atoms with Gasteiger partial charge in [-0.3, -0.25) is 4.79 Å². The summed E-state index contributed by atoms with van der Waals surface area (Å²) in [5.41, 5.74) is 6.48. The number of rotatable bonds is 4. The predicted octanol–water partition coefficient (Wildman–Crippen LogP) is 3.24. The maximum atomic E-state index is 12.5. The van der Waals surface area contributed by atoms with Gasteiger partial charge in [0.2, 0.25) is 0 Å². The number of nitrogens with one attached hydrogen (secondary N) is 1. The molecular formula is C16H23BrN2O2. The molecule has 0 spiro atoms. The molecule has 116 valence electrons. The fourth-order valence-electron chi connectivity index (χ4n) is 2.56. The maximum Gasteiger partial charge on any atom is 0.255 e. The Morgan fingerprint density at radius 3 is 2.62 bits per heavy atom. The first-order chi connectivity index (χ1) is 9.95. The van der Waals surface area contributed by atoms with E-state index in [9.17, 15) is 4.79 Å². The summed E-state index contributed by atoms with van der Waals surface area (Å²) in [7, 11) is 0. The van der Waals surface area contributed by atoms with Crippen LogP contribution in [0.1, 0.15) is 49.9 Å². The summed E-state index contributed by atoms with van der Waals surface area (Å²) in [5.74, 6) is 0.544. The fourth-order valence-corrected chi connectivity index (χ4v) is 2.90. The number of hydrogen-bond donors (Lipinski definition) is 2. The molecule has 1 saturated carbocycles. The molecule has 0 saturated heterocycles. The third-order valence-electron chi connectivity index (χ3n) is 3.66. The summed E-state index contributed by atoms with van der Waals surface area (Å²) in [5, 5.41) is 3.10. The lowest BCUT2D eigenvalue weighted by Crippen LogP contribution is -2.40. The molecule has 0 aromatic heterocycles. The number of ether oxygens (including phenoxy) is 1. The van der Waals surface area contributed by atoms with E-state index < -0.39 is 0 Å². The highest BCUT2D eigenvalue weighted by Crippen LogP contribution is 2.26. The summed E-state index contributed by atoms with van der Waals surface area (Å²) >= 11 is 3.41. The second kappa shape index (κ2) is 7.27. The predicted molar refractivity (Wildman–Crippen MR) is 87.6 cm³/mol. The largest absolute Gasteiger partial charge is 0.490 e. The molecule has 1 aliphatic rings. The van der Waals surface area contributed by atoms with Gasteiger partial charge in [0, 0.05) is 16.6 Å². The number of carbonyl (C=O) groups excluding carboxylic acids is 1. The highest BCUT2D eigenvalue weighted by Gasteiger charge is 2.22. The Labute approximate surface area is 134 Å². The monoisotopic (exact) mass is 354 g/mol. The van der Waals surface area contributed by atoms with Crippen LogP contribution in [-0.2, 0) is 0 Å². The van der Waals surface area contributed by atoms with Gasteiger partial charge in [-0.1, -0.05) is 15.9 Å². The number of carbonyl (C=O) groups is 1. The molecule has 0 bridgehead atoms. The highest BCUT2D eigenvalue weighted by atomic mass is 79.9. The Bertz CT molecular complexity index is 497. The molecule has 2 rings (SSSR count). The molecule has 1 aromatic rings. The van der Waals surface area contributed by atoms with E-state index >= 15 is 0 Å². The second-order valence-corrected chi connectivity index (χ2v) is 6.81. The van der Waals surface area contributed by atoms with Gasteiger partial charge in [0.1, 0.15) is 5.75 Å². The normalized spacial score (nSPS) is 22.1. The number of amides is 1. The van der Waals surface area contributed by atoms with E-state index in [0.717, 1.165) is 30.2 Å². The summed E-state index contributed by atoms with van der Waals surface area (Å²) in [6.07, 6.45) is 3.87. The Kier molecular flexibility index (Phi) is 5.65. The van der Waals surface area contributed by atoms with Gasteiger partial charge in [0.25, 0.3) is 5.91 Å². The number of benzene rings is 1. The van der Waals surface area contributed by atoms with Crippen LogP contribution < -0.4 is 15.8 Å². The molecule has 0 radical (unpaired) electrons. The van der Waals surface area contributed by atoms with Crippen molar-refractivity contribution in [3.8, 4) is 5.75 Å². The van der Waals surface area contributed by atoms with Gasteiger partial charge in [-0.05, 0) is 57.7 Å². The Balaban J connectivity index is 2.07. The Morgan fingerprint density at radius 2 is 2.00 bits per heavy atom. The molecule has 0 aliphatic heterocycles. The van der Waals surface area contributed by atoms with E-state index in [0.29, 0.717) is 11.3 Å². The number of nitrogens with two attached hydrogens (primary N) is 1. The van der Waals surface area contributed by atoms with Crippen LogP contribution in [-0.4, -0.2) is 24.1 Å². The van der Waals surface area contributed by atoms with Crippen LogP contribution >= 0.6 is 15.9 Å². The zero-order valence-corrected chi connectivity index (χ0v) is 14.2. The quantitative estimate of drug-likeness (QED) is 0.872. The van der Waals surface area contributed by atoms with Gasteiger partial charge >= 0.3 is 0 Å². The lowest BCUT2D eigenvalue weighted by atomic mass is 9.91. The molecule has 1 amide bonds. The van der Waals surface area contributed by atoms with Gasteiger partial charge in [-0.25, -0.2) is 0 Å². The summed E-state index contributed by atoms with van der Waals surface area (Å²) in [6, 6.07) is 5.99. The van der Waals surface area contributed by atoms with E-state index in [1.54, 1.807) is 6.07 Å². The van der Waals surface area contributed by atoms with Crippen LogP contribution in [0.2, 0.25) is 0 Å².